The number of aromatic amines is 1. The highest BCUT2D eigenvalue weighted by molar-refractivity contribution is 7.90. The van der Waals surface area contributed by atoms with E-state index in [2.05, 4.69) is 15.2 Å². The number of aromatic nitrogens is 4. The van der Waals surface area contributed by atoms with Crippen LogP contribution >= 0.6 is 0 Å². The van der Waals surface area contributed by atoms with Crippen LogP contribution in [-0.4, -0.2) is 39.1 Å². The molecule has 0 atom stereocenters. The number of carbonyl (C=O) groups is 2. The van der Waals surface area contributed by atoms with Gasteiger partial charge >= 0.3 is 0 Å². The first-order valence-electron chi connectivity index (χ1n) is 6.90. The molecule has 24 heavy (non-hydrogen) atoms. The molecule has 2 heterocycles. The lowest BCUT2D eigenvalue weighted by atomic mass is 10.1. The molecule has 0 bridgehead atoms. The SMILES string of the molecule is O=C(Cc1cccn1S(=O)(=O)c1ccccc1)C(=O)c1nc[nH]n1. The number of carbonyl (C=O) groups excluding carboxylic acids is 2. The molecule has 122 valence electrons. The number of ketones is 2. The summed E-state index contributed by atoms with van der Waals surface area (Å²) in [5.74, 6) is -1.91. The van der Waals surface area contributed by atoms with Crippen molar-refractivity contribution in [3.05, 3.63) is 66.5 Å². The highest BCUT2D eigenvalue weighted by Crippen LogP contribution is 2.17. The third-order valence-electron chi connectivity index (χ3n) is 3.31. The molecule has 0 spiro atoms. The van der Waals surface area contributed by atoms with Crippen LogP contribution in [0, 0.1) is 0 Å². The van der Waals surface area contributed by atoms with Crippen molar-refractivity contribution >= 4 is 21.6 Å². The molecule has 0 aliphatic carbocycles. The van der Waals surface area contributed by atoms with Crippen LogP contribution in [0.4, 0.5) is 0 Å². The van der Waals surface area contributed by atoms with Crippen LogP contribution in [-0.2, 0) is 21.2 Å². The van der Waals surface area contributed by atoms with Crippen molar-refractivity contribution in [1.82, 2.24) is 19.2 Å². The Balaban J connectivity index is 1.89. The fraction of sp³-hybridized carbons (Fsp3) is 0.0667. The summed E-state index contributed by atoms with van der Waals surface area (Å²) in [6.45, 7) is 0. The quantitative estimate of drug-likeness (QED) is 0.523. The summed E-state index contributed by atoms with van der Waals surface area (Å²) in [4.78, 5) is 27.7. The Kier molecular flexibility index (Phi) is 4.09. The summed E-state index contributed by atoms with van der Waals surface area (Å²) < 4.78 is 26.3. The Bertz CT molecular complexity index is 976. The zero-order valence-electron chi connectivity index (χ0n) is 12.3. The van der Waals surface area contributed by atoms with Gasteiger partial charge in [-0.1, -0.05) is 18.2 Å². The van der Waals surface area contributed by atoms with Crippen molar-refractivity contribution in [3.63, 3.8) is 0 Å². The van der Waals surface area contributed by atoms with Gasteiger partial charge in [-0.3, -0.25) is 14.7 Å². The average Bonchev–Trinajstić information content (AvgIpc) is 3.26. The van der Waals surface area contributed by atoms with E-state index >= 15 is 0 Å². The van der Waals surface area contributed by atoms with Crippen molar-refractivity contribution in [3.8, 4) is 0 Å². The summed E-state index contributed by atoms with van der Waals surface area (Å²) in [5, 5.41) is 5.90. The van der Waals surface area contributed by atoms with Crippen LogP contribution < -0.4 is 0 Å². The molecule has 0 fully saturated rings. The van der Waals surface area contributed by atoms with E-state index < -0.39 is 21.6 Å². The lowest BCUT2D eigenvalue weighted by Crippen LogP contribution is -2.22. The van der Waals surface area contributed by atoms with E-state index in [-0.39, 0.29) is 22.8 Å². The van der Waals surface area contributed by atoms with Gasteiger partial charge in [0.15, 0.2) is 0 Å². The first-order chi connectivity index (χ1) is 11.5. The van der Waals surface area contributed by atoms with Gasteiger partial charge in [0, 0.05) is 11.9 Å². The maximum Gasteiger partial charge on any atom is 0.267 e. The van der Waals surface area contributed by atoms with Gasteiger partial charge in [0.2, 0.25) is 11.6 Å². The van der Waals surface area contributed by atoms with Crippen molar-refractivity contribution in [2.45, 2.75) is 11.3 Å². The fourth-order valence-corrected chi connectivity index (χ4v) is 3.56. The van der Waals surface area contributed by atoms with E-state index in [4.69, 9.17) is 0 Å². The number of hydrogen-bond acceptors (Lipinski definition) is 6. The lowest BCUT2D eigenvalue weighted by molar-refractivity contribution is -0.114. The van der Waals surface area contributed by atoms with E-state index in [1.165, 1.54) is 36.8 Å². The lowest BCUT2D eigenvalue weighted by Gasteiger charge is -2.09. The van der Waals surface area contributed by atoms with Gasteiger partial charge in [0.1, 0.15) is 6.33 Å². The smallest absolute Gasteiger partial charge is 0.267 e. The number of benzene rings is 1. The van der Waals surface area contributed by atoms with Crippen molar-refractivity contribution in [1.29, 1.82) is 0 Å². The summed E-state index contributed by atoms with van der Waals surface area (Å²) in [5.41, 5.74) is 0.188. The van der Waals surface area contributed by atoms with Crippen molar-refractivity contribution in [2.24, 2.45) is 0 Å². The standard InChI is InChI=1S/C15H12N4O4S/c20-13(14(21)15-16-10-17-18-15)9-11-5-4-8-19(11)24(22,23)12-6-2-1-3-7-12/h1-8,10H,9H2,(H,16,17,18). The molecule has 2 aromatic heterocycles. The predicted molar refractivity (Wildman–Crippen MR) is 82.9 cm³/mol. The maximum atomic E-state index is 12.6. The van der Waals surface area contributed by atoms with Gasteiger partial charge in [0.05, 0.1) is 11.3 Å². The normalized spacial score (nSPS) is 11.3. The van der Waals surface area contributed by atoms with Crippen molar-refractivity contribution in [2.75, 3.05) is 0 Å². The molecule has 0 unspecified atom stereocenters. The molecule has 8 nitrogen and oxygen atoms in total. The number of nitrogens with one attached hydrogen (secondary N) is 1. The molecule has 0 amide bonds. The van der Waals surface area contributed by atoms with E-state index in [0.29, 0.717) is 0 Å². The summed E-state index contributed by atoms with van der Waals surface area (Å²) >= 11 is 0. The number of H-pyrrole nitrogens is 1. The number of Topliss-reactive ketones (excluding diaryl/α,β-unsaturated/α-hetero) is 2. The van der Waals surface area contributed by atoms with Crippen LogP contribution in [0.5, 0.6) is 0 Å². The largest absolute Gasteiger partial charge is 0.290 e. The molecule has 3 aromatic rings. The fourth-order valence-electron chi connectivity index (χ4n) is 2.17. The highest BCUT2D eigenvalue weighted by atomic mass is 32.2. The number of rotatable bonds is 6. The first kappa shape index (κ1) is 15.8. The monoisotopic (exact) mass is 344 g/mol. The third kappa shape index (κ3) is 2.88. The maximum absolute atomic E-state index is 12.6. The molecule has 9 heteroatoms. The van der Waals surface area contributed by atoms with Gasteiger partial charge in [-0.15, -0.1) is 5.10 Å². The number of nitrogens with zero attached hydrogens (tertiary/aromatic N) is 3. The average molecular weight is 344 g/mol. The minimum Gasteiger partial charge on any atom is -0.290 e. The van der Waals surface area contributed by atoms with Crippen LogP contribution in [0.2, 0.25) is 0 Å². The zero-order valence-corrected chi connectivity index (χ0v) is 13.1. The minimum absolute atomic E-state index is 0.0928. The van der Waals surface area contributed by atoms with Gasteiger partial charge < -0.3 is 0 Å². The molecule has 1 aromatic carbocycles. The molecular weight excluding hydrogens is 332 g/mol. The van der Waals surface area contributed by atoms with E-state index in [1.807, 2.05) is 0 Å². The van der Waals surface area contributed by atoms with E-state index in [0.717, 1.165) is 3.97 Å². The van der Waals surface area contributed by atoms with Gasteiger partial charge in [-0.05, 0) is 24.3 Å². The minimum atomic E-state index is -3.84. The number of hydrogen-bond donors (Lipinski definition) is 1. The van der Waals surface area contributed by atoms with Crippen LogP contribution in [0.25, 0.3) is 0 Å². The van der Waals surface area contributed by atoms with E-state index in [9.17, 15) is 18.0 Å². The molecule has 0 saturated heterocycles. The van der Waals surface area contributed by atoms with E-state index in [1.54, 1.807) is 18.2 Å². The zero-order chi connectivity index (χ0) is 17.2. The second-order valence-corrected chi connectivity index (χ2v) is 6.68. The molecule has 1 N–H and O–H groups in total. The van der Waals surface area contributed by atoms with Crippen LogP contribution in [0.3, 0.4) is 0 Å². The summed E-state index contributed by atoms with van der Waals surface area (Å²) in [6, 6.07) is 10.8. The molecule has 0 saturated carbocycles. The highest BCUT2D eigenvalue weighted by Gasteiger charge is 2.24. The Labute approximate surface area is 137 Å². The van der Waals surface area contributed by atoms with Gasteiger partial charge in [0.25, 0.3) is 15.8 Å². The van der Waals surface area contributed by atoms with Crippen molar-refractivity contribution < 1.29 is 18.0 Å². The van der Waals surface area contributed by atoms with Gasteiger partial charge in [-0.25, -0.2) is 17.4 Å². The first-order valence-corrected chi connectivity index (χ1v) is 8.34. The third-order valence-corrected chi connectivity index (χ3v) is 5.05. The Morgan fingerprint density at radius 3 is 2.50 bits per heavy atom. The molecule has 0 radical (unpaired) electrons. The Hall–Kier alpha value is -3.07. The molecule has 0 aliphatic rings. The molecular formula is C15H12N4O4S. The van der Waals surface area contributed by atoms with Crippen LogP contribution in [0.15, 0.2) is 59.9 Å². The topological polar surface area (TPSA) is 115 Å². The Morgan fingerprint density at radius 1 is 1.08 bits per heavy atom. The van der Waals surface area contributed by atoms with Gasteiger partial charge in [-0.2, -0.15) is 0 Å². The second kappa shape index (κ2) is 6.20. The molecule has 3 rings (SSSR count). The Morgan fingerprint density at radius 2 is 1.83 bits per heavy atom. The summed E-state index contributed by atoms with van der Waals surface area (Å²) in [6.07, 6.45) is 2.15. The summed E-state index contributed by atoms with van der Waals surface area (Å²) in [7, 11) is -3.84. The van der Waals surface area contributed by atoms with Crippen LogP contribution in [0.1, 0.15) is 16.3 Å². The molecule has 0 aliphatic heterocycles. The second-order valence-electron chi connectivity index (χ2n) is 4.87. The predicted octanol–water partition coefficient (Wildman–Crippen LogP) is 0.838.